The lowest BCUT2D eigenvalue weighted by Gasteiger charge is -2.07. The van der Waals surface area contributed by atoms with Crippen molar-refractivity contribution in [1.82, 2.24) is 20.2 Å². The number of nitrogens with zero attached hydrogens (tertiary/aromatic N) is 2. The van der Waals surface area contributed by atoms with Crippen LogP contribution >= 0.6 is 11.6 Å². The topological polar surface area (TPSA) is 91.5 Å². The van der Waals surface area contributed by atoms with Gasteiger partial charge in [-0.05, 0) is 54.0 Å². The average molecular weight is 373 g/mol. The second-order valence-electron chi connectivity index (χ2n) is 6.43. The summed E-state index contributed by atoms with van der Waals surface area (Å²) in [6, 6.07) is 6.87. The van der Waals surface area contributed by atoms with E-state index in [1.807, 2.05) is 13.0 Å². The second-order valence-corrected chi connectivity index (χ2v) is 6.79. The van der Waals surface area contributed by atoms with Gasteiger partial charge in [0.05, 0.1) is 5.56 Å². The lowest BCUT2D eigenvalue weighted by Crippen LogP contribution is -2.23. The van der Waals surface area contributed by atoms with Gasteiger partial charge in [-0.3, -0.25) is 9.78 Å². The molecule has 2 atom stereocenters. The molecule has 1 fully saturated rings. The first kappa shape index (κ1) is 16.7. The summed E-state index contributed by atoms with van der Waals surface area (Å²) in [7, 11) is 0. The highest BCUT2D eigenvalue weighted by atomic mass is 35.5. The molecule has 4 rings (SSSR count). The van der Waals surface area contributed by atoms with Crippen molar-refractivity contribution in [2.24, 2.45) is 0 Å². The molecule has 0 radical (unpaired) electrons. The summed E-state index contributed by atoms with van der Waals surface area (Å²) < 4.78 is 14.2. The van der Waals surface area contributed by atoms with E-state index in [1.54, 1.807) is 12.1 Å². The minimum Gasteiger partial charge on any atom is -0.313 e. The number of hydrogen-bond donors (Lipinski definition) is 2. The number of aromatic nitrogens is 4. The summed E-state index contributed by atoms with van der Waals surface area (Å²) in [6.45, 7) is 1.84. The smallest absolute Gasteiger partial charge is 0.313 e. The zero-order chi connectivity index (χ0) is 18.4. The Balaban J connectivity index is 1.70. The molecule has 0 spiro atoms. The fourth-order valence-electron chi connectivity index (χ4n) is 3.20. The third-order valence-electron chi connectivity index (χ3n) is 4.62. The Hall–Kier alpha value is -2.80. The van der Waals surface area contributed by atoms with Gasteiger partial charge in [0.25, 0.3) is 5.56 Å². The minimum atomic E-state index is -0.599. The highest BCUT2D eigenvalue weighted by molar-refractivity contribution is 6.30. The van der Waals surface area contributed by atoms with Crippen LogP contribution in [0.3, 0.4) is 0 Å². The standard InChI is InChI=1S/C18H14ClFN4O2/c1-8-2-3-9(14(20)4-8)10-5-11(10)12-6-15(23-24-16(12)19)13-7-21-18(26)22-17(13)25/h2-4,6-7,10-11H,5H2,1H3,(H2,21,22,25,26)/t10-,11+/m1/s1. The van der Waals surface area contributed by atoms with E-state index in [4.69, 9.17) is 11.6 Å². The summed E-state index contributed by atoms with van der Waals surface area (Å²) in [5, 5.41) is 8.09. The maximum atomic E-state index is 14.2. The van der Waals surface area contributed by atoms with Crippen LogP contribution in [0.15, 0.2) is 40.1 Å². The van der Waals surface area contributed by atoms with Crippen molar-refractivity contribution in [3.63, 3.8) is 0 Å². The summed E-state index contributed by atoms with van der Waals surface area (Å²) >= 11 is 6.19. The molecular formula is C18H14ClFN4O2. The molecule has 1 aliphatic carbocycles. The number of aryl methyl sites for hydroxylation is 1. The molecule has 6 nitrogen and oxygen atoms in total. The highest BCUT2D eigenvalue weighted by Gasteiger charge is 2.42. The maximum absolute atomic E-state index is 14.2. The van der Waals surface area contributed by atoms with Crippen LogP contribution in [0.4, 0.5) is 4.39 Å². The number of H-pyrrole nitrogens is 2. The Kier molecular flexibility index (Phi) is 3.96. The largest absolute Gasteiger partial charge is 0.325 e. The number of nitrogens with one attached hydrogen (secondary N) is 2. The Morgan fingerprint density at radius 3 is 2.65 bits per heavy atom. The predicted octanol–water partition coefficient (Wildman–Crippen LogP) is 2.89. The molecule has 2 heterocycles. The molecule has 0 amide bonds. The van der Waals surface area contributed by atoms with Crippen molar-refractivity contribution in [1.29, 1.82) is 0 Å². The van der Waals surface area contributed by atoms with Gasteiger partial charge in [0.2, 0.25) is 0 Å². The number of aromatic amines is 2. The molecule has 1 aliphatic rings. The maximum Gasteiger partial charge on any atom is 0.325 e. The van der Waals surface area contributed by atoms with Gasteiger partial charge in [-0.15, -0.1) is 10.2 Å². The molecule has 0 bridgehead atoms. The average Bonchev–Trinajstić information content (AvgIpc) is 3.36. The van der Waals surface area contributed by atoms with E-state index in [9.17, 15) is 14.0 Å². The summed E-state index contributed by atoms with van der Waals surface area (Å²) in [4.78, 5) is 27.7. The van der Waals surface area contributed by atoms with Crippen molar-refractivity contribution >= 4 is 11.6 Å². The van der Waals surface area contributed by atoms with Crippen molar-refractivity contribution in [3.8, 4) is 11.3 Å². The third kappa shape index (κ3) is 2.94. The van der Waals surface area contributed by atoms with Gasteiger partial charge in [-0.2, -0.15) is 0 Å². The number of hydrogen-bond acceptors (Lipinski definition) is 4. The zero-order valence-corrected chi connectivity index (χ0v) is 14.5. The van der Waals surface area contributed by atoms with Gasteiger partial charge in [0.1, 0.15) is 11.5 Å². The molecule has 8 heteroatoms. The van der Waals surface area contributed by atoms with Crippen LogP contribution in [-0.2, 0) is 0 Å². The van der Waals surface area contributed by atoms with Crippen molar-refractivity contribution in [2.75, 3.05) is 0 Å². The fourth-order valence-corrected chi connectivity index (χ4v) is 3.43. The van der Waals surface area contributed by atoms with Crippen molar-refractivity contribution in [3.05, 3.63) is 79.0 Å². The van der Waals surface area contributed by atoms with Crippen LogP contribution in [0, 0.1) is 12.7 Å². The lowest BCUT2D eigenvalue weighted by atomic mass is 10.0. The number of halogens is 2. The normalized spacial score (nSPS) is 18.7. The molecule has 3 aromatic rings. The first-order valence-corrected chi connectivity index (χ1v) is 8.43. The first-order valence-electron chi connectivity index (χ1n) is 8.05. The van der Waals surface area contributed by atoms with E-state index in [-0.39, 0.29) is 28.4 Å². The summed E-state index contributed by atoms with van der Waals surface area (Å²) in [6.07, 6.45) is 2.03. The van der Waals surface area contributed by atoms with Crippen LogP contribution in [0.1, 0.15) is 34.9 Å². The van der Waals surface area contributed by atoms with Gasteiger partial charge in [0, 0.05) is 6.20 Å². The van der Waals surface area contributed by atoms with Crippen molar-refractivity contribution in [2.45, 2.75) is 25.2 Å². The molecule has 1 aromatic carbocycles. The van der Waals surface area contributed by atoms with Gasteiger partial charge < -0.3 is 4.98 Å². The van der Waals surface area contributed by atoms with Gasteiger partial charge in [0.15, 0.2) is 5.15 Å². The zero-order valence-electron chi connectivity index (χ0n) is 13.7. The number of rotatable bonds is 3. The Morgan fingerprint density at radius 1 is 1.15 bits per heavy atom. The van der Waals surface area contributed by atoms with Crippen LogP contribution < -0.4 is 11.2 Å². The predicted molar refractivity (Wildman–Crippen MR) is 95.0 cm³/mol. The van der Waals surface area contributed by atoms with Crippen LogP contribution in [0.25, 0.3) is 11.3 Å². The van der Waals surface area contributed by atoms with Gasteiger partial charge in [-0.25, -0.2) is 9.18 Å². The quantitative estimate of drug-likeness (QED) is 0.739. The second kappa shape index (κ2) is 6.17. The first-order chi connectivity index (χ1) is 12.4. The molecule has 2 aromatic heterocycles. The lowest BCUT2D eigenvalue weighted by molar-refractivity contribution is 0.608. The molecule has 26 heavy (non-hydrogen) atoms. The van der Waals surface area contributed by atoms with E-state index in [0.29, 0.717) is 16.8 Å². The van der Waals surface area contributed by atoms with E-state index >= 15 is 0 Å². The van der Waals surface area contributed by atoms with Crippen LogP contribution in [-0.4, -0.2) is 20.2 Å². The number of benzene rings is 1. The van der Waals surface area contributed by atoms with Crippen molar-refractivity contribution < 1.29 is 4.39 Å². The van der Waals surface area contributed by atoms with Gasteiger partial charge in [-0.1, -0.05) is 23.7 Å². The molecular weight excluding hydrogens is 359 g/mol. The molecule has 0 unspecified atom stereocenters. The molecule has 2 N–H and O–H groups in total. The Morgan fingerprint density at radius 2 is 1.92 bits per heavy atom. The minimum absolute atomic E-state index is 0.01000. The molecule has 0 aliphatic heterocycles. The Bertz CT molecular complexity index is 1120. The van der Waals surface area contributed by atoms with Gasteiger partial charge >= 0.3 is 5.69 Å². The van der Waals surface area contributed by atoms with E-state index in [0.717, 1.165) is 12.0 Å². The summed E-state index contributed by atoms with van der Waals surface area (Å²) in [5.41, 5.74) is 1.56. The van der Waals surface area contributed by atoms with E-state index in [2.05, 4.69) is 20.2 Å². The SMILES string of the molecule is Cc1ccc([C@H]2C[C@@H]2c2cc(-c3c[nH]c(=O)[nH]c3=O)nnc2Cl)c(F)c1. The van der Waals surface area contributed by atoms with E-state index < -0.39 is 11.2 Å². The van der Waals surface area contributed by atoms with E-state index in [1.165, 1.54) is 12.3 Å². The highest BCUT2D eigenvalue weighted by Crippen LogP contribution is 2.56. The monoisotopic (exact) mass is 372 g/mol. The fraction of sp³-hybridized carbons (Fsp3) is 0.222. The summed E-state index contributed by atoms with van der Waals surface area (Å²) in [5.74, 6) is -0.206. The van der Waals surface area contributed by atoms with Crippen LogP contribution in [0.2, 0.25) is 5.15 Å². The van der Waals surface area contributed by atoms with Crippen LogP contribution in [0.5, 0.6) is 0 Å². The third-order valence-corrected chi connectivity index (χ3v) is 4.91. The molecule has 132 valence electrons. The molecule has 0 saturated heterocycles. The molecule has 1 saturated carbocycles. The Labute approximate surface area is 152 Å².